The van der Waals surface area contributed by atoms with E-state index in [0.29, 0.717) is 12.0 Å². The van der Waals surface area contributed by atoms with Crippen LogP contribution in [0.15, 0.2) is 66.2 Å². The Bertz CT molecular complexity index is 1010. The Morgan fingerprint density at radius 1 is 0.958 bits per heavy atom. The minimum atomic E-state index is -0.431. The van der Waals surface area contributed by atoms with Crippen molar-refractivity contribution in [1.82, 2.24) is 0 Å². The number of carbonyl (C=O) groups is 1. The number of hydrogen-bond acceptors (Lipinski definition) is 3. The van der Waals surface area contributed by atoms with Crippen LogP contribution in [-0.4, -0.2) is 10.7 Å². The topological polar surface area (TPSA) is 60.2 Å². The van der Waals surface area contributed by atoms with Crippen LogP contribution in [-0.2, 0) is 6.42 Å². The maximum absolute atomic E-state index is 12.8. The van der Waals surface area contributed by atoms with Gasteiger partial charge in [-0.25, -0.2) is 0 Å². The molecule has 0 saturated heterocycles. The van der Waals surface area contributed by atoms with Crippen LogP contribution in [0.4, 0.5) is 5.69 Å². The molecular weight excluding hydrogens is 302 g/mol. The molecule has 0 heterocycles. The van der Waals surface area contributed by atoms with Crippen molar-refractivity contribution in [2.75, 3.05) is 0 Å². The molecule has 0 aliphatic heterocycles. The molecule has 0 atom stereocenters. The van der Waals surface area contributed by atoms with Gasteiger partial charge in [-0.05, 0) is 40.1 Å². The summed E-state index contributed by atoms with van der Waals surface area (Å²) in [6, 6.07) is 18.1. The van der Waals surface area contributed by atoms with E-state index in [1.54, 1.807) is 12.1 Å². The van der Waals surface area contributed by atoms with E-state index in [-0.39, 0.29) is 11.5 Å². The summed E-state index contributed by atoms with van der Waals surface area (Å²) in [7, 11) is 0. The Balaban J connectivity index is 1.78. The number of benzene rings is 3. The number of ketones is 1. The highest BCUT2D eigenvalue weighted by Crippen LogP contribution is 2.32. The van der Waals surface area contributed by atoms with Crippen LogP contribution in [0.2, 0.25) is 0 Å². The quantitative estimate of drug-likeness (QED) is 0.395. The summed E-state index contributed by atoms with van der Waals surface area (Å²) in [6.07, 6.45) is 2.39. The molecule has 4 rings (SSSR count). The van der Waals surface area contributed by atoms with E-state index in [1.165, 1.54) is 12.1 Å². The van der Waals surface area contributed by atoms with Gasteiger partial charge in [-0.1, -0.05) is 36.4 Å². The third kappa shape index (κ3) is 2.29. The average molecular weight is 315 g/mol. The summed E-state index contributed by atoms with van der Waals surface area (Å²) in [5, 5.41) is 12.8. The lowest BCUT2D eigenvalue weighted by Gasteiger charge is -2.18. The number of non-ortho nitro benzene ring substituents is 1. The standard InChI is InChI=1S/C20H13NO3/c22-20-16(11-13-7-9-17(10-8-13)21(23)24)12-15-5-1-3-14-4-2-6-18(20)19(14)15/h1-11H,12H2/b16-11-. The number of nitro benzene ring substituents is 1. The summed E-state index contributed by atoms with van der Waals surface area (Å²) in [6.45, 7) is 0. The molecule has 3 aromatic carbocycles. The van der Waals surface area contributed by atoms with Gasteiger partial charge in [-0.15, -0.1) is 0 Å². The van der Waals surface area contributed by atoms with Gasteiger partial charge in [0.2, 0.25) is 0 Å². The molecule has 4 heteroatoms. The lowest BCUT2D eigenvalue weighted by molar-refractivity contribution is -0.384. The SMILES string of the molecule is O=C1/C(=C\c2ccc([N+](=O)[O-])cc2)Cc2cccc3cccc1c23. The minimum absolute atomic E-state index is 0.0256. The molecule has 1 aliphatic carbocycles. The number of Topliss-reactive ketones (excluding diaryl/α,β-unsaturated/α-hetero) is 1. The highest BCUT2D eigenvalue weighted by Gasteiger charge is 2.23. The third-order valence-corrected chi connectivity index (χ3v) is 4.35. The summed E-state index contributed by atoms with van der Waals surface area (Å²) < 4.78 is 0. The first-order chi connectivity index (χ1) is 11.6. The second kappa shape index (κ2) is 5.42. The van der Waals surface area contributed by atoms with Crippen molar-refractivity contribution in [3.63, 3.8) is 0 Å². The van der Waals surface area contributed by atoms with Crippen molar-refractivity contribution >= 4 is 28.3 Å². The van der Waals surface area contributed by atoms with Crippen LogP contribution in [0, 0.1) is 10.1 Å². The van der Waals surface area contributed by atoms with Gasteiger partial charge in [0, 0.05) is 29.7 Å². The fourth-order valence-corrected chi connectivity index (χ4v) is 3.22. The Morgan fingerprint density at radius 2 is 1.67 bits per heavy atom. The van der Waals surface area contributed by atoms with E-state index in [1.807, 2.05) is 42.5 Å². The highest BCUT2D eigenvalue weighted by atomic mass is 16.6. The molecule has 24 heavy (non-hydrogen) atoms. The van der Waals surface area contributed by atoms with Crippen LogP contribution in [0.1, 0.15) is 21.5 Å². The number of nitro groups is 1. The lowest BCUT2D eigenvalue weighted by Crippen LogP contribution is -2.13. The van der Waals surface area contributed by atoms with Crippen molar-refractivity contribution in [2.24, 2.45) is 0 Å². The molecule has 0 aromatic heterocycles. The van der Waals surface area contributed by atoms with E-state index in [2.05, 4.69) is 0 Å². The molecule has 0 unspecified atom stereocenters. The van der Waals surface area contributed by atoms with Crippen molar-refractivity contribution in [2.45, 2.75) is 6.42 Å². The predicted molar refractivity (Wildman–Crippen MR) is 93.1 cm³/mol. The number of hydrogen-bond donors (Lipinski definition) is 0. The highest BCUT2D eigenvalue weighted by molar-refractivity contribution is 6.21. The molecule has 0 fully saturated rings. The van der Waals surface area contributed by atoms with E-state index >= 15 is 0 Å². The Kier molecular flexibility index (Phi) is 3.24. The molecule has 0 spiro atoms. The summed E-state index contributed by atoms with van der Waals surface area (Å²) in [5.41, 5.74) is 3.39. The van der Waals surface area contributed by atoms with Gasteiger partial charge < -0.3 is 0 Å². The zero-order chi connectivity index (χ0) is 16.7. The maximum Gasteiger partial charge on any atom is 0.269 e. The second-order valence-corrected chi connectivity index (χ2v) is 5.84. The van der Waals surface area contributed by atoms with Crippen LogP contribution < -0.4 is 0 Å². The Labute approximate surface area is 138 Å². The van der Waals surface area contributed by atoms with Gasteiger partial charge in [0.05, 0.1) is 4.92 Å². The fourth-order valence-electron chi connectivity index (χ4n) is 3.22. The van der Waals surface area contributed by atoms with Gasteiger partial charge in [0.15, 0.2) is 5.78 Å². The minimum Gasteiger partial charge on any atom is -0.289 e. The zero-order valence-corrected chi connectivity index (χ0v) is 12.7. The van der Waals surface area contributed by atoms with Crippen LogP contribution in [0.3, 0.4) is 0 Å². The zero-order valence-electron chi connectivity index (χ0n) is 12.7. The first-order valence-electron chi connectivity index (χ1n) is 7.64. The summed E-state index contributed by atoms with van der Waals surface area (Å²) in [4.78, 5) is 23.1. The van der Waals surface area contributed by atoms with Gasteiger partial charge in [0.1, 0.15) is 0 Å². The number of carbonyl (C=O) groups excluding carboxylic acids is 1. The average Bonchev–Trinajstić information content (AvgIpc) is 2.60. The van der Waals surface area contributed by atoms with Crippen molar-refractivity contribution in [3.8, 4) is 0 Å². The fraction of sp³-hybridized carbons (Fsp3) is 0.0500. The van der Waals surface area contributed by atoms with Crippen molar-refractivity contribution < 1.29 is 9.72 Å². The normalized spacial score (nSPS) is 15.0. The summed E-state index contributed by atoms with van der Waals surface area (Å²) >= 11 is 0. The van der Waals surface area contributed by atoms with E-state index in [4.69, 9.17) is 0 Å². The van der Waals surface area contributed by atoms with Gasteiger partial charge in [-0.3, -0.25) is 14.9 Å². The molecule has 0 N–H and O–H groups in total. The predicted octanol–water partition coefficient (Wildman–Crippen LogP) is 4.57. The van der Waals surface area contributed by atoms with Crippen molar-refractivity contribution in [1.29, 1.82) is 0 Å². The van der Waals surface area contributed by atoms with E-state index in [9.17, 15) is 14.9 Å². The molecule has 0 saturated carbocycles. The molecular formula is C20H13NO3. The Hall–Kier alpha value is -3.27. The van der Waals surface area contributed by atoms with Crippen LogP contribution >= 0.6 is 0 Å². The molecule has 4 nitrogen and oxygen atoms in total. The monoisotopic (exact) mass is 315 g/mol. The van der Waals surface area contributed by atoms with Crippen LogP contribution in [0.25, 0.3) is 16.8 Å². The lowest BCUT2D eigenvalue weighted by atomic mass is 9.84. The van der Waals surface area contributed by atoms with Gasteiger partial charge in [-0.2, -0.15) is 0 Å². The molecule has 0 radical (unpaired) electrons. The van der Waals surface area contributed by atoms with Crippen LogP contribution in [0.5, 0.6) is 0 Å². The molecule has 0 bridgehead atoms. The molecule has 1 aliphatic rings. The van der Waals surface area contributed by atoms with E-state index in [0.717, 1.165) is 27.5 Å². The number of rotatable bonds is 2. The van der Waals surface area contributed by atoms with Crippen molar-refractivity contribution in [3.05, 3.63) is 93.0 Å². The molecule has 3 aromatic rings. The molecule has 0 amide bonds. The number of allylic oxidation sites excluding steroid dienone is 1. The number of nitrogens with zero attached hydrogens (tertiary/aromatic N) is 1. The first kappa shape index (κ1) is 14.3. The van der Waals surface area contributed by atoms with Gasteiger partial charge in [0.25, 0.3) is 5.69 Å². The largest absolute Gasteiger partial charge is 0.289 e. The first-order valence-corrected chi connectivity index (χ1v) is 7.64. The third-order valence-electron chi connectivity index (χ3n) is 4.35. The van der Waals surface area contributed by atoms with Gasteiger partial charge >= 0.3 is 0 Å². The van der Waals surface area contributed by atoms with E-state index < -0.39 is 4.92 Å². The second-order valence-electron chi connectivity index (χ2n) is 5.84. The summed E-state index contributed by atoms with van der Waals surface area (Å²) in [5.74, 6) is 0.0256. The maximum atomic E-state index is 12.8. The molecule has 116 valence electrons. The smallest absolute Gasteiger partial charge is 0.269 e. The Morgan fingerprint density at radius 3 is 2.38 bits per heavy atom.